The summed E-state index contributed by atoms with van der Waals surface area (Å²) in [5.74, 6) is -3.08. The zero-order chi connectivity index (χ0) is 23.6. The Morgan fingerprint density at radius 2 is 1.53 bits per heavy atom. The van der Waals surface area contributed by atoms with Gasteiger partial charge >= 0.3 is 5.97 Å². The third-order valence-corrected chi connectivity index (χ3v) is 7.40. The number of anilines is 1. The summed E-state index contributed by atoms with van der Waals surface area (Å²) >= 11 is 0. The number of carbonyl (C=O) groups is 3. The van der Waals surface area contributed by atoms with Crippen molar-refractivity contribution < 1.29 is 23.5 Å². The van der Waals surface area contributed by atoms with Crippen LogP contribution in [0.1, 0.15) is 37.8 Å². The topological polar surface area (TPSA) is 63.7 Å². The normalized spacial score (nSPS) is 23.6. The number of methoxy groups -OCH3 is 1. The molecule has 2 heterocycles. The summed E-state index contributed by atoms with van der Waals surface area (Å²) in [7, 11) is 1.26. The largest absolute Gasteiger partial charge is 0.467 e. The fourth-order valence-electron chi connectivity index (χ4n) is 6.08. The van der Waals surface area contributed by atoms with Crippen LogP contribution in [0.2, 0.25) is 0 Å². The Hall–Kier alpha value is -4.06. The monoisotopic (exact) mass is 453 g/mol. The molecule has 1 fully saturated rings. The number of fused-ring (bicyclic) bond motifs is 5. The summed E-state index contributed by atoms with van der Waals surface area (Å²) in [4.78, 5) is 43.5. The second-order valence-electron chi connectivity index (χ2n) is 8.81. The number of carbonyl (C=O) groups excluding carboxylic acids is 3. The van der Waals surface area contributed by atoms with E-state index in [2.05, 4.69) is 0 Å². The molecule has 6 rings (SSSR count). The maximum atomic E-state index is 15.4. The number of halogens is 1. The van der Waals surface area contributed by atoms with Gasteiger partial charge in [-0.05, 0) is 23.3 Å². The predicted octanol–water partition coefficient (Wildman–Crippen LogP) is 4.43. The molecule has 1 aliphatic carbocycles. The van der Waals surface area contributed by atoms with Gasteiger partial charge in [0.25, 0.3) is 0 Å². The van der Waals surface area contributed by atoms with Crippen LogP contribution in [0.15, 0.2) is 78.9 Å². The maximum Gasteiger partial charge on any atom is 0.329 e. The number of hydrogen-bond acceptors (Lipinski definition) is 5. The van der Waals surface area contributed by atoms with Gasteiger partial charge in [-0.25, -0.2) is 9.18 Å². The molecule has 0 bridgehead atoms. The molecule has 6 heteroatoms. The molecule has 34 heavy (non-hydrogen) atoms. The van der Waals surface area contributed by atoms with E-state index >= 15 is 4.39 Å². The van der Waals surface area contributed by atoms with Crippen LogP contribution >= 0.6 is 0 Å². The smallest absolute Gasteiger partial charge is 0.329 e. The summed E-state index contributed by atoms with van der Waals surface area (Å²) in [5.41, 5.74) is 0.563. The lowest BCUT2D eigenvalue weighted by Gasteiger charge is -2.36. The highest BCUT2D eigenvalue weighted by atomic mass is 19.1. The van der Waals surface area contributed by atoms with E-state index in [1.165, 1.54) is 13.2 Å². The molecule has 1 spiro atoms. The van der Waals surface area contributed by atoms with Crippen molar-refractivity contribution in [3.05, 3.63) is 107 Å². The third kappa shape index (κ3) is 2.40. The summed E-state index contributed by atoms with van der Waals surface area (Å²) < 4.78 is 20.6. The fourth-order valence-corrected chi connectivity index (χ4v) is 6.08. The quantitative estimate of drug-likeness (QED) is 0.424. The average molecular weight is 453 g/mol. The van der Waals surface area contributed by atoms with Crippen molar-refractivity contribution in [2.45, 2.75) is 18.0 Å². The standard InChI is InChI=1S/C28H20FNO4/c1-34-27(33)24-23(19-11-5-6-12-20(19)29)28(25(31)17-9-3-4-10-18(17)26(28)32)22-15-14-16-8-2-7-13-21(16)30(22)24/h2-15,22-24H,1H3. The van der Waals surface area contributed by atoms with Crippen molar-refractivity contribution in [3.63, 3.8) is 0 Å². The first-order valence-corrected chi connectivity index (χ1v) is 11.1. The zero-order valence-corrected chi connectivity index (χ0v) is 18.3. The lowest BCUT2D eigenvalue weighted by Crippen LogP contribution is -2.48. The van der Waals surface area contributed by atoms with Crippen LogP contribution in [-0.2, 0) is 9.53 Å². The molecule has 0 radical (unpaired) electrons. The second kappa shape index (κ2) is 7.22. The van der Waals surface area contributed by atoms with E-state index in [0.717, 1.165) is 5.56 Å². The van der Waals surface area contributed by atoms with E-state index in [4.69, 9.17) is 4.74 Å². The van der Waals surface area contributed by atoms with E-state index in [0.29, 0.717) is 16.8 Å². The minimum atomic E-state index is -1.71. The summed E-state index contributed by atoms with van der Waals surface area (Å²) in [6.45, 7) is 0. The van der Waals surface area contributed by atoms with Crippen molar-refractivity contribution in [1.82, 2.24) is 0 Å². The number of ketones is 2. The first kappa shape index (κ1) is 20.5. The number of rotatable bonds is 2. The average Bonchev–Trinajstić information content (AvgIpc) is 3.30. The van der Waals surface area contributed by atoms with Crippen LogP contribution in [0.25, 0.3) is 6.08 Å². The molecule has 0 amide bonds. The van der Waals surface area contributed by atoms with Crippen molar-refractivity contribution >= 4 is 29.3 Å². The third-order valence-electron chi connectivity index (χ3n) is 7.40. The molecule has 0 saturated carbocycles. The van der Waals surface area contributed by atoms with E-state index in [1.807, 2.05) is 30.3 Å². The highest BCUT2D eigenvalue weighted by molar-refractivity contribution is 6.32. The van der Waals surface area contributed by atoms with E-state index in [9.17, 15) is 14.4 Å². The molecule has 3 aliphatic rings. The van der Waals surface area contributed by atoms with Crippen molar-refractivity contribution in [2.75, 3.05) is 12.0 Å². The molecule has 3 aromatic rings. The highest BCUT2D eigenvalue weighted by Gasteiger charge is 2.72. The Labute approximate surface area is 195 Å². The van der Waals surface area contributed by atoms with Crippen LogP contribution in [0.5, 0.6) is 0 Å². The first-order valence-electron chi connectivity index (χ1n) is 11.1. The minimum Gasteiger partial charge on any atom is -0.467 e. The van der Waals surface area contributed by atoms with Gasteiger partial charge in [0.05, 0.1) is 13.2 Å². The molecule has 3 unspecified atom stereocenters. The molecular formula is C28H20FNO4. The highest BCUT2D eigenvalue weighted by Crippen LogP contribution is 2.60. The van der Waals surface area contributed by atoms with Crippen molar-refractivity contribution in [1.29, 1.82) is 0 Å². The van der Waals surface area contributed by atoms with Crippen molar-refractivity contribution in [3.8, 4) is 0 Å². The lowest BCUT2D eigenvalue weighted by molar-refractivity contribution is -0.142. The number of ether oxygens (including phenoxy) is 1. The Balaban J connectivity index is 1.71. The SMILES string of the molecule is COC(=O)C1C(c2ccccc2F)C2(C(=O)c3ccccc3C2=O)C2C=Cc3ccccc3N12. The van der Waals surface area contributed by atoms with Crippen molar-refractivity contribution in [2.24, 2.45) is 5.41 Å². The lowest BCUT2D eigenvalue weighted by atomic mass is 9.64. The fraction of sp³-hybridized carbons (Fsp3) is 0.179. The van der Waals surface area contributed by atoms with Crippen LogP contribution in [0.4, 0.5) is 10.1 Å². The first-order chi connectivity index (χ1) is 16.5. The molecular weight excluding hydrogens is 433 g/mol. The Morgan fingerprint density at radius 1 is 0.912 bits per heavy atom. The number of para-hydroxylation sites is 1. The molecule has 5 nitrogen and oxygen atoms in total. The Morgan fingerprint density at radius 3 is 2.21 bits per heavy atom. The van der Waals surface area contributed by atoms with Gasteiger partial charge in [0.2, 0.25) is 0 Å². The Kier molecular flexibility index (Phi) is 4.36. The molecule has 1 saturated heterocycles. The molecule has 3 aromatic carbocycles. The zero-order valence-electron chi connectivity index (χ0n) is 18.3. The number of benzene rings is 3. The number of hydrogen-bond donors (Lipinski definition) is 0. The second-order valence-corrected chi connectivity index (χ2v) is 8.81. The van der Waals surface area contributed by atoms with E-state index in [1.54, 1.807) is 53.4 Å². The predicted molar refractivity (Wildman–Crippen MR) is 124 cm³/mol. The number of nitrogens with zero attached hydrogens (tertiary/aromatic N) is 1. The number of esters is 1. The Bertz CT molecular complexity index is 1380. The molecule has 168 valence electrons. The van der Waals surface area contributed by atoms with Gasteiger partial charge in [-0.15, -0.1) is 0 Å². The summed E-state index contributed by atoms with van der Waals surface area (Å²) in [6.07, 6.45) is 3.65. The molecule has 0 aromatic heterocycles. The molecule has 2 aliphatic heterocycles. The van der Waals surface area contributed by atoms with E-state index in [-0.39, 0.29) is 5.56 Å². The van der Waals surface area contributed by atoms with Gasteiger partial charge in [0, 0.05) is 22.7 Å². The van der Waals surface area contributed by atoms with Gasteiger partial charge in [-0.3, -0.25) is 9.59 Å². The van der Waals surface area contributed by atoms with Crippen LogP contribution in [0.3, 0.4) is 0 Å². The molecule has 0 N–H and O–H groups in total. The minimum absolute atomic E-state index is 0.146. The van der Waals surface area contributed by atoms with Gasteiger partial charge in [0.1, 0.15) is 17.3 Å². The van der Waals surface area contributed by atoms with Crippen LogP contribution in [0, 0.1) is 11.2 Å². The van der Waals surface area contributed by atoms with Gasteiger partial charge in [-0.2, -0.15) is 0 Å². The summed E-state index contributed by atoms with van der Waals surface area (Å²) in [5, 5.41) is 0. The van der Waals surface area contributed by atoms with Gasteiger partial charge in [-0.1, -0.05) is 72.8 Å². The molecule has 3 atom stereocenters. The van der Waals surface area contributed by atoms with Gasteiger partial charge in [0.15, 0.2) is 11.6 Å². The number of Topliss-reactive ketones (excluding diaryl/α,β-unsaturated/α-hetero) is 2. The van der Waals surface area contributed by atoms with Crippen LogP contribution in [-0.4, -0.2) is 36.7 Å². The maximum absolute atomic E-state index is 15.4. The van der Waals surface area contributed by atoms with Crippen LogP contribution < -0.4 is 4.90 Å². The summed E-state index contributed by atoms with van der Waals surface area (Å²) in [6, 6.07) is 18.3. The van der Waals surface area contributed by atoms with Gasteiger partial charge < -0.3 is 9.64 Å². The van der Waals surface area contributed by atoms with E-state index < -0.39 is 46.8 Å².